The molecule has 2 N–H and O–H groups in total. The molecule has 142 valence electrons. The van der Waals surface area contributed by atoms with Gasteiger partial charge in [-0.25, -0.2) is 9.53 Å². The van der Waals surface area contributed by atoms with Crippen LogP contribution in [-0.2, 0) is 10.8 Å². The summed E-state index contributed by atoms with van der Waals surface area (Å²) in [7, 11) is 0. The number of carbonyl (C=O) groups excluding carboxylic acids is 2. The van der Waals surface area contributed by atoms with E-state index in [1.807, 2.05) is 5.32 Å². The van der Waals surface area contributed by atoms with E-state index in [1.165, 1.54) is 6.07 Å². The molecule has 6 nitrogen and oxygen atoms in total. The monoisotopic (exact) mass is 448 g/mol. The molecule has 1 heterocycles. The zero-order valence-corrected chi connectivity index (χ0v) is 14.7. The van der Waals surface area contributed by atoms with Gasteiger partial charge in [-0.15, -0.1) is 8.78 Å². The van der Waals surface area contributed by atoms with Crippen molar-refractivity contribution < 1.29 is 36.6 Å². The van der Waals surface area contributed by atoms with E-state index in [0.717, 1.165) is 12.1 Å². The van der Waals surface area contributed by atoms with Gasteiger partial charge >= 0.3 is 18.4 Å². The number of alkyl halides is 4. The number of hydrogen-bond donors (Lipinski definition) is 2. The maximum Gasteiger partial charge on any atom is 0.540 e. The van der Waals surface area contributed by atoms with Crippen molar-refractivity contribution in [3.05, 3.63) is 58.1 Å². The Morgan fingerprint density at radius 2 is 1.74 bits per heavy atom. The Hall–Kier alpha value is -2.66. The van der Waals surface area contributed by atoms with Gasteiger partial charge in [0.25, 0.3) is 5.91 Å². The molecule has 0 spiro atoms. The fraction of sp³-hybridized carbons (Fsp3) is 0.125. The Bertz CT molecular complexity index is 923. The lowest BCUT2D eigenvalue weighted by Gasteiger charge is -2.30. The normalized spacial score (nSPS) is 16.6. The quantitative estimate of drug-likeness (QED) is 0.666. The minimum absolute atomic E-state index is 0.175. The van der Waals surface area contributed by atoms with Crippen LogP contribution < -0.4 is 15.4 Å². The van der Waals surface area contributed by atoms with Crippen molar-refractivity contribution in [1.82, 2.24) is 5.32 Å². The van der Waals surface area contributed by atoms with Crippen molar-refractivity contribution in [3.63, 3.8) is 0 Å². The lowest BCUT2D eigenvalue weighted by Crippen LogP contribution is -2.41. The lowest BCUT2D eigenvalue weighted by atomic mass is 10.1. The highest BCUT2D eigenvalue weighted by atomic mass is 79.9. The van der Waals surface area contributed by atoms with Crippen molar-refractivity contribution in [1.29, 1.82) is 0 Å². The van der Waals surface area contributed by atoms with Crippen molar-refractivity contribution in [2.75, 3.05) is 5.32 Å². The predicted octanol–water partition coefficient (Wildman–Crippen LogP) is 4.42. The first-order valence-electron chi connectivity index (χ1n) is 7.24. The summed E-state index contributed by atoms with van der Waals surface area (Å²) >= 11 is 3.15. The van der Waals surface area contributed by atoms with E-state index in [2.05, 4.69) is 30.7 Å². The van der Waals surface area contributed by atoms with Gasteiger partial charge in [0.1, 0.15) is 5.75 Å². The van der Waals surface area contributed by atoms with Gasteiger partial charge in [-0.2, -0.15) is 8.78 Å². The molecule has 0 saturated heterocycles. The summed E-state index contributed by atoms with van der Waals surface area (Å²) in [5.74, 6) is -1.54. The molecule has 0 aromatic heterocycles. The Balaban J connectivity index is 1.74. The van der Waals surface area contributed by atoms with E-state index in [-0.39, 0.29) is 11.3 Å². The SMILES string of the molecule is O=C(NC(=O)c1ccccc1Br)Nc1ccc2c(c1)C(F)(F)OC(F)(F)O2. The third kappa shape index (κ3) is 4.19. The zero-order chi connectivity index (χ0) is 19.8. The van der Waals surface area contributed by atoms with Crippen LogP contribution in [0.4, 0.5) is 28.0 Å². The van der Waals surface area contributed by atoms with Crippen molar-refractivity contribution in [3.8, 4) is 5.75 Å². The fourth-order valence-corrected chi connectivity index (χ4v) is 2.72. The van der Waals surface area contributed by atoms with E-state index < -0.39 is 35.7 Å². The molecule has 3 rings (SSSR count). The first kappa shape index (κ1) is 19.1. The van der Waals surface area contributed by atoms with Crippen LogP contribution in [0.3, 0.4) is 0 Å². The number of carbonyl (C=O) groups is 2. The number of amides is 3. The number of rotatable bonds is 2. The minimum atomic E-state index is -4.49. The summed E-state index contributed by atoms with van der Waals surface area (Å²) in [5.41, 5.74) is -1.01. The highest BCUT2D eigenvalue weighted by Gasteiger charge is 2.54. The molecule has 0 bridgehead atoms. The van der Waals surface area contributed by atoms with Crippen LogP contribution in [0.1, 0.15) is 15.9 Å². The van der Waals surface area contributed by atoms with Crippen molar-refractivity contribution in [2.24, 2.45) is 0 Å². The van der Waals surface area contributed by atoms with Gasteiger partial charge in [-0.1, -0.05) is 12.1 Å². The molecule has 3 amide bonds. The van der Waals surface area contributed by atoms with E-state index >= 15 is 0 Å². The Kier molecular flexibility index (Phi) is 4.82. The minimum Gasteiger partial charge on any atom is -0.409 e. The smallest absolute Gasteiger partial charge is 0.409 e. The first-order valence-corrected chi connectivity index (χ1v) is 8.03. The number of imide groups is 1. The largest absolute Gasteiger partial charge is 0.540 e. The summed E-state index contributed by atoms with van der Waals surface area (Å²) < 4.78 is 61.2. The van der Waals surface area contributed by atoms with Gasteiger partial charge in [0.15, 0.2) is 0 Å². The molecule has 0 radical (unpaired) electrons. The topological polar surface area (TPSA) is 76.7 Å². The number of urea groups is 1. The molecule has 0 atom stereocenters. The molecule has 1 aliphatic heterocycles. The number of ether oxygens (including phenoxy) is 2. The molecule has 27 heavy (non-hydrogen) atoms. The Morgan fingerprint density at radius 3 is 2.44 bits per heavy atom. The number of benzene rings is 2. The standard InChI is InChI=1S/C16H9BrF4N2O4/c17-11-4-2-1-3-9(11)13(24)23-14(25)22-8-5-6-12-10(7-8)15(18,19)27-16(20,21)26-12/h1-7H,(H2,22,23,24,25). The molecule has 11 heteroatoms. The average Bonchev–Trinajstić information content (AvgIpc) is 2.54. The summed E-state index contributed by atoms with van der Waals surface area (Å²) in [4.78, 5) is 23.9. The average molecular weight is 449 g/mol. The molecular formula is C16H9BrF4N2O4. The zero-order valence-electron chi connectivity index (χ0n) is 13.1. The first-order chi connectivity index (χ1) is 12.6. The van der Waals surface area contributed by atoms with Crippen LogP contribution in [0.2, 0.25) is 0 Å². The van der Waals surface area contributed by atoms with Crippen LogP contribution in [0, 0.1) is 0 Å². The summed E-state index contributed by atoms with van der Waals surface area (Å²) in [5, 5.41) is 4.16. The van der Waals surface area contributed by atoms with Gasteiger partial charge in [0.2, 0.25) is 0 Å². The second-order valence-electron chi connectivity index (χ2n) is 5.28. The molecule has 0 saturated carbocycles. The number of halogens is 5. The van der Waals surface area contributed by atoms with Gasteiger partial charge in [-0.3, -0.25) is 10.1 Å². The number of fused-ring (bicyclic) bond motifs is 1. The number of hydrogen-bond acceptors (Lipinski definition) is 4. The van der Waals surface area contributed by atoms with Gasteiger partial charge < -0.3 is 10.1 Å². The third-order valence-corrected chi connectivity index (χ3v) is 4.06. The highest BCUT2D eigenvalue weighted by molar-refractivity contribution is 9.10. The van der Waals surface area contributed by atoms with Gasteiger partial charge in [0.05, 0.1) is 11.1 Å². The third-order valence-electron chi connectivity index (χ3n) is 3.37. The van der Waals surface area contributed by atoms with Crippen LogP contribution in [-0.4, -0.2) is 18.2 Å². The maximum atomic E-state index is 13.7. The van der Waals surface area contributed by atoms with Crippen LogP contribution >= 0.6 is 15.9 Å². The van der Waals surface area contributed by atoms with E-state index in [9.17, 15) is 27.2 Å². The van der Waals surface area contributed by atoms with E-state index in [1.54, 1.807) is 18.2 Å². The van der Waals surface area contributed by atoms with Crippen molar-refractivity contribution in [2.45, 2.75) is 12.4 Å². The molecule has 0 unspecified atom stereocenters. The van der Waals surface area contributed by atoms with Crippen LogP contribution in [0.15, 0.2) is 46.9 Å². The molecule has 2 aromatic rings. The lowest BCUT2D eigenvalue weighted by molar-refractivity contribution is -0.461. The van der Waals surface area contributed by atoms with Gasteiger partial charge in [-0.05, 0) is 46.3 Å². The molecular weight excluding hydrogens is 440 g/mol. The summed E-state index contributed by atoms with van der Waals surface area (Å²) in [6.45, 7) is 0. The maximum absolute atomic E-state index is 13.7. The van der Waals surface area contributed by atoms with Gasteiger partial charge in [0, 0.05) is 10.2 Å². The highest BCUT2D eigenvalue weighted by Crippen LogP contribution is 2.46. The molecule has 1 aliphatic rings. The Labute approximate surface area is 157 Å². The predicted molar refractivity (Wildman–Crippen MR) is 87.6 cm³/mol. The summed E-state index contributed by atoms with van der Waals surface area (Å²) in [6, 6.07) is 7.87. The molecule has 0 fully saturated rings. The van der Waals surface area contributed by atoms with Crippen LogP contribution in [0.5, 0.6) is 5.75 Å². The molecule has 2 aromatic carbocycles. The fourth-order valence-electron chi connectivity index (χ4n) is 2.26. The van der Waals surface area contributed by atoms with E-state index in [4.69, 9.17) is 0 Å². The second kappa shape index (κ2) is 6.82. The van der Waals surface area contributed by atoms with E-state index in [0.29, 0.717) is 10.5 Å². The van der Waals surface area contributed by atoms with Crippen LogP contribution in [0.25, 0.3) is 0 Å². The second-order valence-corrected chi connectivity index (χ2v) is 6.14. The number of nitrogens with one attached hydrogen (secondary N) is 2. The Morgan fingerprint density at radius 1 is 1.04 bits per heavy atom. The molecule has 0 aliphatic carbocycles. The summed E-state index contributed by atoms with van der Waals surface area (Å²) in [6.07, 6.45) is -8.83. The number of anilines is 1. The van der Waals surface area contributed by atoms with Crippen molar-refractivity contribution >= 4 is 33.6 Å².